The summed E-state index contributed by atoms with van der Waals surface area (Å²) < 4.78 is 0. The summed E-state index contributed by atoms with van der Waals surface area (Å²) in [4.78, 5) is 4.48. The maximum absolute atomic E-state index is 6.32. The van der Waals surface area contributed by atoms with Crippen molar-refractivity contribution in [3.63, 3.8) is 0 Å². The molecule has 0 amide bonds. The molecule has 1 aromatic heterocycles. The number of rotatable bonds is 4. The lowest BCUT2D eigenvalue weighted by Crippen LogP contribution is -2.14. The van der Waals surface area contributed by atoms with Gasteiger partial charge in [0.25, 0.3) is 0 Å². The summed E-state index contributed by atoms with van der Waals surface area (Å²) in [5.74, 6) is 0.962. The Labute approximate surface area is 113 Å². The van der Waals surface area contributed by atoms with Gasteiger partial charge in [0, 0.05) is 12.2 Å². The van der Waals surface area contributed by atoms with Gasteiger partial charge in [0.05, 0.1) is 6.04 Å². The zero-order valence-corrected chi connectivity index (χ0v) is 11.1. The van der Waals surface area contributed by atoms with E-state index < -0.39 is 0 Å². The standard InChI is InChI=1S/C16H19N3/c1-11-9-15(19-13-7-8-13)18-10-14(11)16(17)12-5-3-2-4-6-12/h2-6,9-10,13,16H,7-8,17H2,1H3,(H,18,19)/t16-/m0/s1. The number of nitrogens with zero attached hydrogens (tertiary/aromatic N) is 1. The van der Waals surface area contributed by atoms with E-state index in [0.29, 0.717) is 6.04 Å². The number of anilines is 1. The molecule has 0 unspecified atom stereocenters. The van der Waals surface area contributed by atoms with E-state index in [2.05, 4.69) is 35.4 Å². The second kappa shape index (κ2) is 5.02. The van der Waals surface area contributed by atoms with Crippen molar-refractivity contribution in [2.24, 2.45) is 5.73 Å². The van der Waals surface area contributed by atoms with Crippen LogP contribution >= 0.6 is 0 Å². The van der Waals surface area contributed by atoms with Crippen LogP contribution < -0.4 is 11.1 Å². The summed E-state index contributed by atoms with van der Waals surface area (Å²) in [5, 5.41) is 3.41. The molecular formula is C16H19N3. The van der Waals surface area contributed by atoms with Crippen LogP contribution in [0.2, 0.25) is 0 Å². The predicted molar refractivity (Wildman–Crippen MR) is 78.1 cm³/mol. The molecule has 0 spiro atoms. The van der Waals surface area contributed by atoms with Crippen LogP contribution in [0.15, 0.2) is 42.6 Å². The lowest BCUT2D eigenvalue weighted by molar-refractivity contribution is 0.852. The van der Waals surface area contributed by atoms with Gasteiger partial charge in [-0.1, -0.05) is 30.3 Å². The van der Waals surface area contributed by atoms with Crippen LogP contribution in [-0.2, 0) is 0 Å². The number of hydrogen-bond donors (Lipinski definition) is 2. The Balaban J connectivity index is 1.84. The third-order valence-corrected chi connectivity index (χ3v) is 3.57. The highest BCUT2D eigenvalue weighted by Gasteiger charge is 2.21. The van der Waals surface area contributed by atoms with Crippen LogP contribution in [0.5, 0.6) is 0 Å². The molecule has 1 saturated carbocycles. The van der Waals surface area contributed by atoms with Crippen molar-refractivity contribution in [3.05, 3.63) is 59.3 Å². The van der Waals surface area contributed by atoms with Crippen LogP contribution in [-0.4, -0.2) is 11.0 Å². The average molecular weight is 253 g/mol. The molecule has 3 rings (SSSR count). The summed E-state index contributed by atoms with van der Waals surface area (Å²) in [5.41, 5.74) is 9.72. The molecule has 0 aliphatic heterocycles. The van der Waals surface area contributed by atoms with Crippen LogP contribution in [0.4, 0.5) is 5.82 Å². The topological polar surface area (TPSA) is 50.9 Å². The van der Waals surface area contributed by atoms with Crippen LogP contribution in [0.25, 0.3) is 0 Å². The molecule has 3 nitrogen and oxygen atoms in total. The Kier molecular flexibility index (Phi) is 3.22. The lowest BCUT2D eigenvalue weighted by Gasteiger charge is -2.16. The first-order valence-corrected chi connectivity index (χ1v) is 6.77. The lowest BCUT2D eigenvalue weighted by atomic mass is 9.97. The minimum atomic E-state index is -0.108. The summed E-state index contributed by atoms with van der Waals surface area (Å²) in [6.45, 7) is 2.10. The van der Waals surface area contributed by atoms with Crippen LogP contribution in [0, 0.1) is 6.92 Å². The van der Waals surface area contributed by atoms with E-state index in [-0.39, 0.29) is 6.04 Å². The Morgan fingerprint density at radius 3 is 2.63 bits per heavy atom. The number of aryl methyl sites for hydroxylation is 1. The van der Waals surface area contributed by atoms with Crippen molar-refractivity contribution in [1.29, 1.82) is 0 Å². The van der Waals surface area contributed by atoms with Gasteiger partial charge in [-0.2, -0.15) is 0 Å². The first kappa shape index (κ1) is 12.2. The summed E-state index contributed by atoms with van der Waals surface area (Å²) >= 11 is 0. The monoisotopic (exact) mass is 253 g/mol. The average Bonchev–Trinajstić information content (AvgIpc) is 3.23. The smallest absolute Gasteiger partial charge is 0.126 e. The fourth-order valence-corrected chi connectivity index (χ4v) is 2.25. The van der Waals surface area contributed by atoms with E-state index in [1.807, 2.05) is 24.4 Å². The van der Waals surface area contributed by atoms with Gasteiger partial charge in [-0.3, -0.25) is 0 Å². The minimum absolute atomic E-state index is 0.108. The molecule has 98 valence electrons. The number of pyridine rings is 1. The van der Waals surface area contributed by atoms with Crippen LogP contribution in [0.1, 0.15) is 35.6 Å². The zero-order chi connectivity index (χ0) is 13.2. The third-order valence-electron chi connectivity index (χ3n) is 3.57. The summed E-state index contributed by atoms with van der Waals surface area (Å²) in [6, 6.07) is 12.8. The van der Waals surface area contributed by atoms with Gasteiger partial charge < -0.3 is 11.1 Å². The number of hydrogen-bond acceptors (Lipinski definition) is 3. The van der Waals surface area contributed by atoms with Gasteiger partial charge in [0.1, 0.15) is 5.82 Å². The number of nitrogens with one attached hydrogen (secondary N) is 1. The molecule has 1 fully saturated rings. The van der Waals surface area contributed by atoms with Crippen LogP contribution in [0.3, 0.4) is 0 Å². The molecule has 1 aliphatic carbocycles. The maximum Gasteiger partial charge on any atom is 0.126 e. The molecule has 3 heteroatoms. The first-order chi connectivity index (χ1) is 9.24. The first-order valence-electron chi connectivity index (χ1n) is 6.77. The maximum atomic E-state index is 6.32. The number of aromatic nitrogens is 1. The Bertz CT molecular complexity index is 561. The van der Waals surface area contributed by atoms with E-state index in [9.17, 15) is 0 Å². The summed E-state index contributed by atoms with van der Waals surface area (Å²) in [6.07, 6.45) is 4.41. The van der Waals surface area contributed by atoms with Crippen molar-refractivity contribution in [2.75, 3.05) is 5.32 Å². The SMILES string of the molecule is Cc1cc(NC2CC2)ncc1[C@@H](N)c1ccccc1. The molecule has 1 heterocycles. The molecule has 1 aliphatic rings. The van der Waals surface area contributed by atoms with E-state index in [4.69, 9.17) is 5.73 Å². The largest absolute Gasteiger partial charge is 0.367 e. The van der Waals surface area contributed by atoms with Gasteiger partial charge in [0.15, 0.2) is 0 Å². The number of benzene rings is 1. The second-order valence-electron chi connectivity index (χ2n) is 5.23. The van der Waals surface area contributed by atoms with Gasteiger partial charge in [-0.25, -0.2) is 4.98 Å². The fourth-order valence-electron chi connectivity index (χ4n) is 2.25. The van der Waals surface area contributed by atoms with Gasteiger partial charge in [-0.05, 0) is 42.5 Å². The molecule has 19 heavy (non-hydrogen) atoms. The van der Waals surface area contributed by atoms with E-state index >= 15 is 0 Å². The van der Waals surface area contributed by atoms with Crippen molar-refractivity contribution < 1.29 is 0 Å². The molecular weight excluding hydrogens is 234 g/mol. The van der Waals surface area contributed by atoms with Gasteiger partial charge in [-0.15, -0.1) is 0 Å². The van der Waals surface area contributed by atoms with Crippen molar-refractivity contribution in [2.45, 2.75) is 31.8 Å². The Morgan fingerprint density at radius 2 is 2.00 bits per heavy atom. The molecule has 1 atom stereocenters. The van der Waals surface area contributed by atoms with E-state index in [1.54, 1.807) is 0 Å². The molecule has 1 aromatic carbocycles. The normalized spacial score (nSPS) is 16.1. The highest BCUT2D eigenvalue weighted by Crippen LogP contribution is 2.27. The van der Waals surface area contributed by atoms with E-state index in [0.717, 1.165) is 16.9 Å². The minimum Gasteiger partial charge on any atom is -0.367 e. The Morgan fingerprint density at radius 1 is 1.26 bits per heavy atom. The third kappa shape index (κ3) is 2.76. The molecule has 3 N–H and O–H groups in total. The van der Waals surface area contributed by atoms with E-state index in [1.165, 1.54) is 18.4 Å². The summed E-state index contributed by atoms with van der Waals surface area (Å²) in [7, 11) is 0. The highest BCUT2D eigenvalue weighted by atomic mass is 15.0. The molecule has 0 bridgehead atoms. The van der Waals surface area contributed by atoms with Crippen molar-refractivity contribution in [1.82, 2.24) is 4.98 Å². The van der Waals surface area contributed by atoms with Crippen molar-refractivity contribution >= 4 is 5.82 Å². The second-order valence-corrected chi connectivity index (χ2v) is 5.23. The molecule has 0 saturated heterocycles. The van der Waals surface area contributed by atoms with Crippen molar-refractivity contribution in [3.8, 4) is 0 Å². The zero-order valence-electron chi connectivity index (χ0n) is 11.1. The van der Waals surface area contributed by atoms with Gasteiger partial charge in [0.2, 0.25) is 0 Å². The highest BCUT2D eigenvalue weighted by molar-refractivity contribution is 5.45. The Hall–Kier alpha value is -1.87. The quantitative estimate of drug-likeness (QED) is 0.880. The number of nitrogens with two attached hydrogens (primary N) is 1. The molecule has 0 radical (unpaired) electrons. The molecule has 2 aromatic rings. The predicted octanol–water partition coefficient (Wildman–Crippen LogP) is 3.01. The van der Waals surface area contributed by atoms with Gasteiger partial charge >= 0.3 is 0 Å². The fraction of sp³-hybridized carbons (Fsp3) is 0.312.